The lowest BCUT2D eigenvalue weighted by Gasteiger charge is -1.99. The van der Waals surface area contributed by atoms with Gasteiger partial charge in [-0.25, -0.2) is 0 Å². The van der Waals surface area contributed by atoms with E-state index in [0.29, 0.717) is 5.71 Å². The summed E-state index contributed by atoms with van der Waals surface area (Å²) in [6.07, 6.45) is 0. The van der Waals surface area contributed by atoms with Gasteiger partial charge >= 0.3 is 0 Å². The van der Waals surface area contributed by atoms with Gasteiger partial charge in [0.2, 0.25) is 0 Å². The number of nitro groups is 1. The number of fused-ring (bicyclic) bond motifs is 3. The third kappa shape index (κ3) is 1.31. The number of nitrogens with zero attached hydrogens (tertiary/aromatic N) is 2. The van der Waals surface area contributed by atoms with Gasteiger partial charge in [0.15, 0.2) is 0 Å². The smallest absolute Gasteiger partial charge is 0.270 e. The number of non-ortho nitro benzene ring substituents is 1. The molecule has 88 valence electrons. The Labute approximate surface area is 103 Å². The Balaban J connectivity index is 2.33. The predicted octanol–water partition coefficient (Wildman–Crippen LogP) is 2.29. The van der Waals surface area contributed by atoms with Crippen LogP contribution in [0.25, 0.3) is 11.1 Å². The molecule has 0 saturated heterocycles. The number of nitrogens with two attached hydrogens (primary N) is 1. The van der Waals surface area contributed by atoms with Gasteiger partial charge in [0.25, 0.3) is 5.69 Å². The average Bonchev–Trinajstić information content (AvgIpc) is 2.71. The molecule has 0 bridgehead atoms. The first kappa shape index (κ1) is 10.5. The molecule has 2 aromatic rings. The third-order valence-corrected chi connectivity index (χ3v) is 3.07. The Morgan fingerprint density at radius 2 is 1.67 bits per heavy atom. The zero-order valence-electron chi connectivity index (χ0n) is 9.33. The van der Waals surface area contributed by atoms with E-state index in [9.17, 15) is 10.1 Å². The monoisotopic (exact) mass is 239 g/mol. The Kier molecular flexibility index (Phi) is 2.13. The number of benzene rings is 2. The molecule has 2 N–H and O–H groups in total. The van der Waals surface area contributed by atoms with Gasteiger partial charge in [-0.15, -0.1) is 0 Å². The maximum absolute atomic E-state index is 10.8. The van der Waals surface area contributed by atoms with Crippen LogP contribution < -0.4 is 5.84 Å². The molecule has 18 heavy (non-hydrogen) atoms. The molecule has 0 aliphatic heterocycles. The standard InChI is InChI=1S/C13H9N3O2/c14-15-13-10-4-2-1-3-9(10)12-7-8(16(17)18)5-6-11(12)13/h1-7H,14H2/b15-13-. The highest BCUT2D eigenvalue weighted by atomic mass is 16.6. The Bertz CT molecular complexity index is 692. The van der Waals surface area contributed by atoms with Crippen molar-refractivity contribution < 1.29 is 4.92 Å². The molecule has 5 heteroatoms. The SMILES string of the molecule is N/N=C1/c2ccccc2-c2cc([N+](=O)[O-])ccc21. The molecule has 1 aliphatic rings. The molecule has 0 atom stereocenters. The van der Waals surface area contributed by atoms with Gasteiger partial charge in [0, 0.05) is 23.3 Å². The van der Waals surface area contributed by atoms with Crippen molar-refractivity contribution >= 4 is 11.4 Å². The van der Waals surface area contributed by atoms with Crippen LogP contribution in [-0.2, 0) is 0 Å². The summed E-state index contributed by atoms with van der Waals surface area (Å²) in [5, 5.41) is 14.6. The quantitative estimate of drug-likeness (QED) is 0.402. The molecule has 0 heterocycles. The molecule has 1 aliphatic carbocycles. The molecule has 0 radical (unpaired) electrons. The number of hydrogen-bond donors (Lipinski definition) is 1. The zero-order chi connectivity index (χ0) is 12.7. The molecule has 0 fully saturated rings. The number of nitro benzene ring substituents is 1. The molecular weight excluding hydrogens is 230 g/mol. The first-order valence-electron chi connectivity index (χ1n) is 5.39. The second-order valence-electron chi connectivity index (χ2n) is 4.01. The first-order chi connectivity index (χ1) is 8.72. The van der Waals surface area contributed by atoms with Crippen LogP contribution in [0.1, 0.15) is 11.1 Å². The minimum atomic E-state index is -0.402. The average molecular weight is 239 g/mol. The molecule has 0 aromatic heterocycles. The van der Waals surface area contributed by atoms with Crippen molar-refractivity contribution in [3.8, 4) is 11.1 Å². The van der Waals surface area contributed by atoms with Gasteiger partial charge in [0.05, 0.1) is 10.6 Å². The van der Waals surface area contributed by atoms with Gasteiger partial charge in [-0.2, -0.15) is 5.10 Å². The third-order valence-electron chi connectivity index (χ3n) is 3.07. The van der Waals surface area contributed by atoms with Crippen molar-refractivity contribution in [1.29, 1.82) is 0 Å². The van der Waals surface area contributed by atoms with E-state index in [1.807, 2.05) is 24.3 Å². The number of hydrogen-bond acceptors (Lipinski definition) is 4. The lowest BCUT2D eigenvalue weighted by Crippen LogP contribution is -2.01. The number of rotatable bonds is 1. The van der Waals surface area contributed by atoms with Crippen LogP contribution >= 0.6 is 0 Å². The van der Waals surface area contributed by atoms with Crippen molar-refractivity contribution in [2.45, 2.75) is 0 Å². The molecule has 0 unspecified atom stereocenters. The van der Waals surface area contributed by atoms with Gasteiger partial charge in [-0.1, -0.05) is 24.3 Å². The van der Waals surface area contributed by atoms with Gasteiger partial charge in [-0.05, 0) is 17.2 Å². The highest BCUT2D eigenvalue weighted by Gasteiger charge is 2.26. The Morgan fingerprint density at radius 3 is 2.33 bits per heavy atom. The normalized spacial score (nSPS) is 14.3. The highest BCUT2D eigenvalue weighted by molar-refractivity contribution is 6.24. The van der Waals surface area contributed by atoms with Crippen molar-refractivity contribution in [2.24, 2.45) is 10.9 Å². The summed E-state index contributed by atoms with van der Waals surface area (Å²) in [5.74, 6) is 5.42. The topological polar surface area (TPSA) is 81.5 Å². The van der Waals surface area contributed by atoms with Crippen molar-refractivity contribution in [3.05, 3.63) is 63.7 Å². The lowest BCUT2D eigenvalue weighted by molar-refractivity contribution is -0.384. The summed E-state index contributed by atoms with van der Waals surface area (Å²) < 4.78 is 0. The van der Waals surface area contributed by atoms with E-state index in [0.717, 1.165) is 22.3 Å². The maximum Gasteiger partial charge on any atom is 0.270 e. The second-order valence-corrected chi connectivity index (χ2v) is 4.01. The first-order valence-corrected chi connectivity index (χ1v) is 5.39. The minimum Gasteiger partial charge on any atom is -0.323 e. The van der Waals surface area contributed by atoms with Crippen LogP contribution in [0.4, 0.5) is 5.69 Å². The fourth-order valence-electron chi connectivity index (χ4n) is 2.28. The van der Waals surface area contributed by atoms with E-state index in [1.54, 1.807) is 12.1 Å². The van der Waals surface area contributed by atoms with E-state index in [2.05, 4.69) is 5.10 Å². The van der Waals surface area contributed by atoms with Gasteiger partial charge < -0.3 is 5.84 Å². The van der Waals surface area contributed by atoms with Gasteiger partial charge in [0.1, 0.15) is 0 Å². The van der Waals surface area contributed by atoms with Crippen LogP contribution in [0.15, 0.2) is 47.6 Å². The molecule has 0 saturated carbocycles. The van der Waals surface area contributed by atoms with Crippen LogP contribution in [0.3, 0.4) is 0 Å². The van der Waals surface area contributed by atoms with Crippen LogP contribution in [0, 0.1) is 10.1 Å². The fraction of sp³-hybridized carbons (Fsp3) is 0. The Morgan fingerprint density at radius 1 is 1.00 bits per heavy atom. The Hall–Kier alpha value is -2.69. The van der Waals surface area contributed by atoms with E-state index >= 15 is 0 Å². The summed E-state index contributed by atoms with van der Waals surface area (Å²) in [6, 6.07) is 12.3. The fourth-order valence-corrected chi connectivity index (χ4v) is 2.28. The molecular formula is C13H9N3O2. The second kappa shape index (κ2) is 3.66. The number of hydrazone groups is 1. The van der Waals surface area contributed by atoms with Crippen LogP contribution in [0.5, 0.6) is 0 Å². The predicted molar refractivity (Wildman–Crippen MR) is 68.4 cm³/mol. The van der Waals surface area contributed by atoms with Crippen molar-refractivity contribution in [3.63, 3.8) is 0 Å². The summed E-state index contributed by atoms with van der Waals surface area (Å²) in [7, 11) is 0. The van der Waals surface area contributed by atoms with Gasteiger partial charge in [-0.3, -0.25) is 10.1 Å². The van der Waals surface area contributed by atoms with E-state index in [4.69, 9.17) is 5.84 Å². The summed E-state index contributed by atoms with van der Waals surface area (Å²) in [4.78, 5) is 10.4. The molecule has 0 amide bonds. The summed E-state index contributed by atoms with van der Waals surface area (Å²) in [5.41, 5.74) is 4.24. The minimum absolute atomic E-state index is 0.0711. The molecule has 2 aromatic carbocycles. The summed E-state index contributed by atoms with van der Waals surface area (Å²) in [6.45, 7) is 0. The summed E-state index contributed by atoms with van der Waals surface area (Å²) >= 11 is 0. The highest BCUT2D eigenvalue weighted by Crippen LogP contribution is 2.38. The van der Waals surface area contributed by atoms with E-state index in [-0.39, 0.29) is 5.69 Å². The molecule has 0 spiro atoms. The van der Waals surface area contributed by atoms with Crippen molar-refractivity contribution in [2.75, 3.05) is 0 Å². The van der Waals surface area contributed by atoms with Crippen LogP contribution in [-0.4, -0.2) is 10.6 Å². The maximum atomic E-state index is 10.8. The van der Waals surface area contributed by atoms with E-state index in [1.165, 1.54) is 6.07 Å². The van der Waals surface area contributed by atoms with Crippen molar-refractivity contribution in [1.82, 2.24) is 0 Å². The zero-order valence-corrected chi connectivity index (χ0v) is 9.33. The molecule has 5 nitrogen and oxygen atoms in total. The largest absolute Gasteiger partial charge is 0.323 e. The van der Waals surface area contributed by atoms with Crippen LogP contribution in [0.2, 0.25) is 0 Å². The lowest BCUT2D eigenvalue weighted by atomic mass is 10.1. The van der Waals surface area contributed by atoms with E-state index < -0.39 is 4.92 Å². The molecule has 3 rings (SSSR count).